The van der Waals surface area contributed by atoms with Crippen molar-refractivity contribution in [3.63, 3.8) is 0 Å². The van der Waals surface area contributed by atoms with Crippen LogP contribution in [0, 0.1) is 0 Å². The monoisotopic (exact) mass is 225 g/mol. The van der Waals surface area contributed by atoms with Crippen molar-refractivity contribution in [2.45, 2.75) is 27.7 Å². The molecule has 0 saturated heterocycles. The van der Waals surface area contributed by atoms with Gasteiger partial charge in [-0.3, -0.25) is 9.63 Å². The zero-order chi connectivity index (χ0) is 13.1. The van der Waals surface area contributed by atoms with Gasteiger partial charge in [0.1, 0.15) is 0 Å². The van der Waals surface area contributed by atoms with Crippen LogP contribution in [0.1, 0.15) is 27.7 Å². The van der Waals surface area contributed by atoms with E-state index in [4.69, 9.17) is 4.84 Å². The summed E-state index contributed by atoms with van der Waals surface area (Å²) in [5.41, 5.74) is 1.63. The van der Waals surface area contributed by atoms with Crippen molar-refractivity contribution >= 4 is 5.91 Å². The second-order valence-corrected chi connectivity index (χ2v) is 2.95. The number of carbonyl (C=O) groups is 1. The zero-order valence-electron chi connectivity index (χ0n) is 11.2. The van der Waals surface area contributed by atoms with Gasteiger partial charge in [-0.05, 0) is 13.8 Å². The smallest absolute Gasteiger partial charge is 0.272 e. The predicted molar refractivity (Wildman–Crippen MR) is 68.8 cm³/mol. The van der Waals surface area contributed by atoms with E-state index in [9.17, 15) is 4.79 Å². The van der Waals surface area contributed by atoms with Crippen LogP contribution in [0.3, 0.4) is 0 Å². The molecule has 0 aromatic carbocycles. The van der Waals surface area contributed by atoms with E-state index >= 15 is 0 Å². The summed E-state index contributed by atoms with van der Waals surface area (Å²) in [5.74, 6) is -0.152. The molecule has 92 valence electrons. The average molecular weight is 225 g/mol. The molecule has 0 aromatic heterocycles. The maximum atomic E-state index is 11.5. The number of allylic oxidation sites excluding steroid dienone is 4. The highest BCUT2D eigenvalue weighted by atomic mass is 16.7. The first-order chi connectivity index (χ1) is 7.52. The molecule has 0 rings (SSSR count). The van der Waals surface area contributed by atoms with E-state index in [1.807, 2.05) is 26.8 Å². The van der Waals surface area contributed by atoms with Gasteiger partial charge in [0.2, 0.25) is 0 Å². The third-order valence-corrected chi connectivity index (χ3v) is 1.82. The Balaban J connectivity index is 0. The Bertz CT molecular complexity index is 278. The van der Waals surface area contributed by atoms with E-state index < -0.39 is 0 Å². The molecule has 1 amide bonds. The maximum Gasteiger partial charge on any atom is 0.272 e. The van der Waals surface area contributed by atoms with Crippen molar-refractivity contribution in [1.82, 2.24) is 5.06 Å². The molecule has 0 heterocycles. The highest BCUT2D eigenvalue weighted by Crippen LogP contribution is 2.02. The lowest BCUT2D eigenvalue weighted by Gasteiger charge is -2.13. The van der Waals surface area contributed by atoms with Gasteiger partial charge in [-0.25, -0.2) is 5.06 Å². The molecule has 0 N–H and O–H groups in total. The second-order valence-electron chi connectivity index (χ2n) is 2.95. The van der Waals surface area contributed by atoms with E-state index in [2.05, 4.69) is 6.58 Å². The van der Waals surface area contributed by atoms with Gasteiger partial charge in [-0.15, -0.1) is 0 Å². The standard InChI is InChI=1S/C11H17NO2.C2H6/c1-6-9(2)7-8-10(3)11(13)12(4)14-5;1-2/h6-8H,1H2,2-5H3;1-2H3/b9-7-,10-8+;. The Morgan fingerprint density at radius 3 is 2.12 bits per heavy atom. The fraction of sp³-hybridized carbons (Fsp3) is 0.462. The van der Waals surface area contributed by atoms with Crippen LogP contribution in [-0.4, -0.2) is 25.1 Å². The van der Waals surface area contributed by atoms with Gasteiger partial charge >= 0.3 is 0 Å². The van der Waals surface area contributed by atoms with Gasteiger partial charge in [0.25, 0.3) is 5.91 Å². The molecule has 3 heteroatoms. The highest BCUT2D eigenvalue weighted by molar-refractivity contribution is 5.92. The number of rotatable bonds is 4. The van der Waals surface area contributed by atoms with Gasteiger partial charge in [-0.1, -0.05) is 44.2 Å². The Kier molecular flexibility index (Phi) is 10.9. The molecule has 0 unspecified atom stereocenters. The zero-order valence-corrected chi connectivity index (χ0v) is 11.2. The first-order valence-corrected chi connectivity index (χ1v) is 5.32. The van der Waals surface area contributed by atoms with Crippen molar-refractivity contribution in [1.29, 1.82) is 0 Å². The molecule has 0 aliphatic rings. The van der Waals surface area contributed by atoms with Crippen LogP contribution in [0.2, 0.25) is 0 Å². The van der Waals surface area contributed by atoms with Crippen molar-refractivity contribution < 1.29 is 9.63 Å². The summed E-state index contributed by atoms with van der Waals surface area (Å²) in [6, 6.07) is 0. The molecular formula is C13H23NO2. The Morgan fingerprint density at radius 1 is 1.25 bits per heavy atom. The van der Waals surface area contributed by atoms with Gasteiger partial charge < -0.3 is 0 Å². The van der Waals surface area contributed by atoms with Gasteiger partial charge in [-0.2, -0.15) is 0 Å². The molecule has 0 aromatic rings. The average Bonchev–Trinajstić information content (AvgIpc) is 2.35. The minimum Gasteiger partial charge on any atom is -0.274 e. The molecule has 0 atom stereocenters. The van der Waals surface area contributed by atoms with Crippen molar-refractivity contribution in [3.8, 4) is 0 Å². The second kappa shape index (κ2) is 10.2. The molecule has 0 fully saturated rings. The van der Waals surface area contributed by atoms with Crippen molar-refractivity contribution in [2.75, 3.05) is 14.2 Å². The largest absolute Gasteiger partial charge is 0.274 e. The molecule has 0 aliphatic carbocycles. The Morgan fingerprint density at radius 2 is 1.75 bits per heavy atom. The molecule has 0 saturated carbocycles. The summed E-state index contributed by atoms with van der Waals surface area (Å²) < 4.78 is 0. The summed E-state index contributed by atoms with van der Waals surface area (Å²) in [5, 5.41) is 1.18. The summed E-state index contributed by atoms with van der Waals surface area (Å²) in [6.07, 6.45) is 5.31. The van der Waals surface area contributed by atoms with E-state index in [1.54, 1.807) is 26.1 Å². The Labute approximate surface area is 99.0 Å². The van der Waals surface area contributed by atoms with Crippen molar-refractivity contribution in [3.05, 3.63) is 36.0 Å². The third-order valence-electron chi connectivity index (χ3n) is 1.82. The Hall–Kier alpha value is -1.35. The SMILES string of the molecule is C=C/C(C)=C\C=C(/C)C(=O)N(C)OC.CC. The number of carbonyl (C=O) groups excluding carboxylic acids is 1. The van der Waals surface area contributed by atoms with E-state index in [0.717, 1.165) is 5.57 Å². The summed E-state index contributed by atoms with van der Waals surface area (Å²) in [6.45, 7) is 11.3. The van der Waals surface area contributed by atoms with Crippen molar-refractivity contribution in [2.24, 2.45) is 0 Å². The van der Waals surface area contributed by atoms with Crippen LogP contribution in [0.15, 0.2) is 36.0 Å². The number of hydrogen-bond acceptors (Lipinski definition) is 2. The minimum atomic E-state index is -0.152. The van der Waals surface area contributed by atoms with Crippen LogP contribution in [0.25, 0.3) is 0 Å². The topological polar surface area (TPSA) is 29.5 Å². The highest BCUT2D eigenvalue weighted by Gasteiger charge is 2.08. The van der Waals surface area contributed by atoms with Crippen LogP contribution >= 0.6 is 0 Å². The first-order valence-electron chi connectivity index (χ1n) is 5.32. The van der Waals surface area contributed by atoms with Crippen LogP contribution in [0.4, 0.5) is 0 Å². The number of likely N-dealkylation sites (N-methyl/N-ethyl adjacent to an activating group) is 1. The number of hydroxylamine groups is 2. The lowest BCUT2D eigenvalue weighted by atomic mass is 10.2. The van der Waals surface area contributed by atoms with Gasteiger partial charge in [0.05, 0.1) is 7.11 Å². The molecule has 0 radical (unpaired) electrons. The first kappa shape index (κ1) is 17.1. The van der Waals surface area contributed by atoms with Crippen LogP contribution < -0.4 is 0 Å². The van der Waals surface area contributed by atoms with E-state index in [1.165, 1.54) is 12.2 Å². The van der Waals surface area contributed by atoms with Gasteiger partial charge in [0, 0.05) is 12.6 Å². The number of hydrogen-bond donors (Lipinski definition) is 0. The number of amides is 1. The molecule has 16 heavy (non-hydrogen) atoms. The van der Waals surface area contributed by atoms with Crippen LogP contribution in [0.5, 0.6) is 0 Å². The minimum absolute atomic E-state index is 0.152. The third kappa shape index (κ3) is 7.01. The summed E-state index contributed by atoms with van der Waals surface area (Å²) in [4.78, 5) is 16.2. The molecule has 0 bridgehead atoms. The normalized spacial score (nSPS) is 11.4. The predicted octanol–water partition coefficient (Wildman–Crippen LogP) is 3.11. The fourth-order valence-corrected chi connectivity index (χ4v) is 0.727. The van der Waals surface area contributed by atoms with E-state index in [-0.39, 0.29) is 5.91 Å². The molecule has 0 spiro atoms. The summed E-state index contributed by atoms with van der Waals surface area (Å²) in [7, 11) is 3.03. The molecule has 0 aliphatic heterocycles. The van der Waals surface area contributed by atoms with Crippen LogP contribution in [-0.2, 0) is 9.63 Å². The molecular weight excluding hydrogens is 202 g/mol. The lowest BCUT2D eigenvalue weighted by molar-refractivity contribution is -0.163. The summed E-state index contributed by atoms with van der Waals surface area (Å²) >= 11 is 0. The van der Waals surface area contributed by atoms with Gasteiger partial charge in [0.15, 0.2) is 0 Å². The maximum absolute atomic E-state index is 11.5. The number of nitrogens with zero attached hydrogens (tertiary/aromatic N) is 1. The lowest BCUT2D eigenvalue weighted by Crippen LogP contribution is -2.25. The van der Waals surface area contributed by atoms with E-state index in [0.29, 0.717) is 5.57 Å². The molecule has 3 nitrogen and oxygen atoms in total. The fourth-order valence-electron chi connectivity index (χ4n) is 0.727. The quantitative estimate of drug-likeness (QED) is 0.418.